The normalized spacial score (nSPS) is 20.9. The third kappa shape index (κ3) is 2.80. The molecular weight excluding hydrogens is 366 g/mol. The number of esters is 1. The van der Waals surface area contributed by atoms with E-state index in [1.165, 1.54) is 43.5 Å². The molecule has 1 amide bonds. The highest BCUT2D eigenvalue weighted by molar-refractivity contribution is 6.54. The van der Waals surface area contributed by atoms with Crippen LogP contribution in [0.3, 0.4) is 0 Å². The molecule has 0 aromatic heterocycles. The van der Waals surface area contributed by atoms with Gasteiger partial charge in [-0.15, -0.1) is 0 Å². The zero-order valence-corrected chi connectivity index (χ0v) is 15.1. The molecule has 1 fully saturated rings. The molecule has 144 valence electrons. The van der Waals surface area contributed by atoms with Crippen LogP contribution in [0.5, 0.6) is 5.75 Å². The summed E-state index contributed by atoms with van der Waals surface area (Å²) in [7, 11) is 2.44. The Kier molecular flexibility index (Phi) is 4.89. The molecule has 28 heavy (non-hydrogen) atoms. The highest BCUT2D eigenvalue weighted by Gasteiger charge is 2.62. The number of ketones is 1. The van der Waals surface area contributed by atoms with E-state index in [0.29, 0.717) is 10.6 Å². The molecule has 1 aliphatic rings. The van der Waals surface area contributed by atoms with E-state index in [-0.39, 0.29) is 11.3 Å². The second-order valence-electron chi connectivity index (χ2n) is 5.92. The third-order valence-electron chi connectivity index (χ3n) is 4.38. The highest BCUT2D eigenvalue weighted by atomic mass is 16.5. The van der Waals surface area contributed by atoms with Crippen molar-refractivity contribution in [2.75, 3.05) is 19.1 Å². The number of nitrogens with zero attached hydrogens (tertiary/aromatic N) is 1. The molecule has 1 aliphatic heterocycles. The molecule has 1 saturated heterocycles. The van der Waals surface area contributed by atoms with Gasteiger partial charge in [-0.3, -0.25) is 14.5 Å². The van der Waals surface area contributed by atoms with Crippen LogP contribution in [0.2, 0.25) is 0 Å². The lowest BCUT2D eigenvalue weighted by atomic mass is 9.97. The molecule has 1 unspecified atom stereocenters. The van der Waals surface area contributed by atoms with Crippen LogP contribution in [-0.2, 0) is 19.1 Å². The van der Waals surface area contributed by atoms with Crippen LogP contribution in [0.25, 0.3) is 5.76 Å². The number of methoxy groups -OCH3 is 2. The number of aliphatic hydroxyl groups excluding tert-OH is 1. The first kappa shape index (κ1) is 19.1. The van der Waals surface area contributed by atoms with E-state index >= 15 is 0 Å². The minimum atomic E-state index is -2.84. The maximum Gasteiger partial charge on any atom is 0.365 e. The number of carbonyl (C=O) groups excluding carboxylic acids is 3. The number of ether oxygens (including phenoxy) is 2. The predicted molar refractivity (Wildman–Crippen MR) is 98.4 cm³/mol. The van der Waals surface area contributed by atoms with E-state index in [1.807, 2.05) is 0 Å². The maximum atomic E-state index is 12.7. The monoisotopic (exact) mass is 383 g/mol. The van der Waals surface area contributed by atoms with Crippen LogP contribution in [0.4, 0.5) is 5.69 Å². The maximum absolute atomic E-state index is 12.7. The van der Waals surface area contributed by atoms with Gasteiger partial charge in [0.1, 0.15) is 17.1 Å². The molecule has 2 aromatic carbocycles. The zero-order chi connectivity index (χ0) is 20.5. The number of carbonyl (C=O) groups is 3. The van der Waals surface area contributed by atoms with Gasteiger partial charge in [0.25, 0.3) is 11.5 Å². The Balaban J connectivity index is 2.25. The first-order chi connectivity index (χ1) is 13.4. The lowest BCUT2D eigenvalue weighted by Gasteiger charge is -2.30. The first-order valence-corrected chi connectivity index (χ1v) is 8.19. The molecule has 8 nitrogen and oxygen atoms in total. The molecule has 1 atom stereocenters. The van der Waals surface area contributed by atoms with Gasteiger partial charge in [0.2, 0.25) is 0 Å². The molecule has 0 bridgehead atoms. The van der Waals surface area contributed by atoms with Gasteiger partial charge in [-0.2, -0.15) is 0 Å². The Morgan fingerprint density at radius 3 is 2.14 bits per heavy atom. The largest absolute Gasteiger partial charge is 0.507 e. The van der Waals surface area contributed by atoms with Gasteiger partial charge in [0.05, 0.1) is 14.2 Å². The van der Waals surface area contributed by atoms with Crippen LogP contribution < -0.4 is 9.64 Å². The molecule has 2 N–H and O–H groups in total. The summed E-state index contributed by atoms with van der Waals surface area (Å²) in [5.41, 5.74) is -3.41. The molecule has 8 heteroatoms. The summed E-state index contributed by atoms with van der Waals surface area (Å²) in [6.07, 6.45) is 0. The van der Waals surface area contributed by atoms with Gasteiger partial charge in [-0.25, -0.2) is 4.79 Å². The van der Waals surface area contributed by atoms with Gasteiger partial charge in [0.15, 0.2) is 0 Å². The highest BCUT2D eigenvalue weighted by Crippen LogP contribution is 2.40. The average Bonchev–Trinajstić information content (AvgIpc) is 2.94. The van der Waals surface area contributed by atoms with Gasteiger partial charge < -0.3 is 19.7 Å². The summed E-state index contributed by atoms with van der Waals surface area (Å²) >= 11 is 0. The van der Waals surface area contributed by atoms with E-state index in [2.05, 4.69) is 4.74 Å². The van der Waals surface area contributed by atoms with Crippen molar-refractivity contribution in [3.05, 3.63) is 65.7 Å². The number of Topliss-reactive ketones (excluding diaryl/α,β-unsaturated/α-hetero) is 1. The van der Waals surface area contributed by atoms with Crippen molar-refractivity contribution in [3.63, 3.8) is 0 Å². The summed E-state index contributed by atoms with van der Waals surface area (Å²) in [6.45, 7) is 0. The fraction of sp³-hybridized carbons (Fsp3) is 0.150. The summed E-state index contributed by atoms with van der Waals surface area (Å²) in [6, 6.07) is 13.5. The van der Waals surface area contributed by atoms with Gasteiger partial charge >= 0.3 is 11.9 Å². The summed E-state index contributed by atoms with van der Waals surface area (Å²) in [5.74, 6) is -3.92. The minimum Gasteiger partial charge on any atom is -0.507 e. The molecule has 0 aliphatic carbocycles. The Morgan fingerprint density at radius 2 is 1.61 bits per heavy atom. The van der Waals surface area contributed by atoms with Crippen molar-refractivity contribution in [1.82, 2.24) is 0 Å². The Labute approximate surface area is 160 Å². The van der Waals surface area contributed by atoms with E-state index in [4.69, 9.17) is 4.74 Å². The van der Waals surface area contributed by atoms with Crippen molar-refractivity contribution < 1.29 is 34.1 Å². The Bertz CT molecular complexity index is 966. The standard InChI is InChI=1S/C20H17NO7/c1-27-14-10-8-13(9-11-14)21-18(24)17(23)15(20(21,26)19(25)28-2)16(22)12-6-4-3-5-7-12/h3-11,22,26H,1-2H3/b16-15+. The quantitative estimate of drug-likeness (QED) is 0.355. The molecule has 3 rings (SSSR count). The number of hydrogen-bond donors (Lipinski definition) is 2. The van der Waals surface area contributed by atoms with Crippen molar-refractivity contribution in [1.29, 1.82) is 0 Å². The summed E-state index contributed by atoms with van der Waals surface area (Å²) in [4.78, 5) is 38.4. The number of anilines is 1. The molecule has 0 saturated carbocycles. The summed E-state index contributed by atoms with van der Waals surface area (Å²) < 4.78 is 9.69. The second-order valence-corrected chi connectivity index (χ2v) is 5.92. The Morgan fingerprint density at radius 1 is 1.00 bits per heavy atom. The number of amides is 1. The van der Waals surface area contributed by atoms with Crippen molar-refractivity contribution >= 4 is 29.1 Å². The minimum absolute atomic E-state index is 0.0444. The Hall–Kier alpha value is -3.65. The van der Waals surface area contributed by atoms with Crippen molar-refractivity contribution in [2.24, 2.45) is 0 Å². The van der Waals surface area contributed by atoms with Crippen LogP contribution in [-0.4, -0.2) is 47.8 Å². The van der Waals surface area contributed by atoms with Gasteiger partial charge in [-0.05, 0) is 24.3 Å². The third-order valence-corrected chi connectivity index (χ3v) is 4.38. The number of benzene rings is 2. The summed E-state index contributed by atoms with van der Waals surface area (Å²) in [5, 5.41) is 21.8. The van der Waals surface area contributed by atoms with E-state index in [1.54, 1.807) is 18.2 Å². The number of hydrogen-bond acceptors (Lipinski definition) is 7. The molecule has 0 radical (unpaired) electrons. The smallest absolute Gasteiger partial charge is 0.365 e. The second kappa shape index (κ2) is 7.16. The topological polar surface area (TPSA) is 113 Å². The van der Waals surface area contributed by atoms with Crippen LogP contribution in [0.15, 0.2) is 60.2 Å². The van der Waals surface area contributed by atoms with Crippen LogP contribution in [0.1, 0.15) is 5.56 Å². The lowest BCUT2D eigenvalue weighted by Crippen LogP contribution is -2.54. The molecule has 2 aromatic rings. The molecule has 1 heterocycles. The van der Waals surface area contributed by atoms with Gasteiger partial charge in [-0.1, -0.05) is 30.3 Å². The fourth-order valence-electron chi connectivity index (χ4n) is 3.01. The molecule has 0 spiro atoms. The van der Waals surface area contributed by atoms with Crippen molar-refractivity contribution in [2.45, 2.75) is 5.72 Å². The number of rotatable bonds is 4. The SMILES string of the molecule is COC(=O)C1(O)/C(=C(/O)c2ccccc2)C(=O)C(=O)N1c1ccc(OC)cc1. The lowest BCUT2D eigenvalue weighted by molar-refractivity contribution is -0.158. The van der Waals surface area contributed by atoms with E-state index in [9.17, 15) is 24.6 Å². The molecular formula is C20H17NO7. The van der Waals surface area contributed by atoms with Gasteiger partial charge in [0, 0.05) is 11.3 Å². The predicted octanol–water partition coefficient (Wildman–Crippen LogP) is 1.44. The van der Waals surface area contributed by atoms with E-state index in [0.717, 1.165) is 7.11 Å². The first-order valence-electron chi connectivity index (χ1n) is 8.19. The van der Waals surface area contributed by atoms with Crippen LogP contribution >= 0.6 is 0 Å². The fourth-order valence-corrected chi connectivity index (χ4v) is 3.01. The van der Waals surface area contributed by atoms with E-state index < -0.39 is 34.7 Å². The van der Waals surface area contributed by atoms with Crippen LogP contribution in [0, 0.1) is 0 Å². The average molecular weight is 383 g/mol. The zero-order valence-electron chi connectivity index (χ0n) is 15.1. The number of aliphatic hydroxyl groups is 2. The van der Waals surface area contributed by atoms with Crippen molar-refractivity contribution in [3.8, 4) is 5.75 Å².